The standard InChI is InChI=1S/C21H25N/c1-20-11-13-21(2,14-12-20)22(16-20)19-10-6-9-18(15-19)17-7-4-3-5-8-17/h3-10,15H,11-14,16H2,1-2H3. The minimum absolute atomic E-state index is 0.354. The van der Waals surface area contributed by atoms with Crippen LogP contribution in [0.15, 0.2) is 54.6 Å². The molecule has 0 N–H and O–H groups in total. The maximum Gasteiger partial charge on any atom is 0.0377 e. The molecule has 2 aromatic carbocycles. The van der Waals surface area contributed by atoms with Crippen molar-refractivity contribution in [3.8, 4) is 11.1 Å². The first-order valence-electron chi connectivity index (χ1n) is 8.51. The van der Waals surface area contributed by atoms with E-state index in [4.69, 9.17) is 0 Å². The van der Waals surface area contributed by atoms with Gasteiger partial charge in [0, 0.05) is 17.8 Å². The summed E-state index contributed by atoms with van der Waals surface area (Å²) in [6.45, 7) is 6.14. The molecule has 22 heavy (non-hydrogen) atoms. The Kier molecular flexibility index (Phi) is 3.07. The van der Waals surface area contributed by atoms with Gasteiger partial charge in [-0.3, -0.25) is 0 Å². The predicted octanol–water partition coefficient (Wildman–Crippen LogP) is 5.51. The van der Waals surface area contributed by atoms with Gasteiger partial charge in [-0.15, -0.1) is 0 Å². The number of rotatable bonds is 2. The van der Waals surface area contributed by atoms with Gasteiger partial charge in [0.2, 0.25) is 0 Å². The zero-order chi connectivity index (χ0) is 15.2. The van der Waals surface area contributed by atoms with Crippen LogP contribution < -0.4 is 4.90 Å². The molecule has 1 aliphatic carbocycles. The molecule has 2 aromatic rings. The molecule has 1 heteroatoms. The fourth-order valence-electron chi connectivity index (χ4n) is 4.28. The Morgan fingerprint density at radius 1 is 0.773 bits per heavy atom. The Balaban J connectivity index is 1.72. The van der Waals surface area contributed by atoms with Crippen molar-refractivity contribution >= 4 is 5.69 Å². The van der Waals surface area contributed by atoms with Crippen molar-refractivity contribution < 1.29 is 0 Å². The number of piperidine rings is 2. The summed E-state index contributed by atoms with van der Waals surface area (Å²) in [6.07, 6.45) is 5.44. The van der Waals surface area contributed by atoms with E-state index < -0.39 is 0 Å². The third kappa shape index (κ3) is 2.24. The van der Waals surface area contributed by atoms with Crippen molar-refractivity contribution in [2.24, 2.45) is 5.41 Å². The third-order valence-corrected chi connectivity index (χ3v) is 5.99. The van der Waals surface area contributed by atoms with Crippen LogP contribution >= 0.6 is 0 Å². The quantitative estimate of drug-likeness (QED) is 0.705. The van der Waals surface area contributed by atoms with Crippen LogP contribution in [0.25, 0.3) is 11.1 Å². The second-order valence-corrected chi connectivity index (χ2v) is 7.81. The summed E-state index contributed by atoms with van der Waals surface area (Å²) in [7, 11) is 0. The Morgan fingerprint density at radius 2 is 1.45 bits per heavy atom. The van der Waals surface area contributed by atoms with E-state index >= 15 is 0 Å². The molecule has 1 nitrogen and oxygen atoms in total. The maximum atomic E-state index is 2.69. The molecular formula is C21H25N. The first-order valence-corrected chi connectivity index (χ1v) is 8.51. The zero-order valence-corrected chi connectivity index (χ0v) is 13.7. The summed E-state index contributed by atoms with van der Waals surface area (Å²) in [4.78, 5) is 2.69. The van der Waals surface area contributed by atoms with E-state index in [1.807, 2.05) is 0 Å². The van der Waals surface area contributed by atoms with Crippen LogP contribution in [-0.2, 0) is 0 Å². The second-order valence-electron chi connectivity index (χ2n) is 7.81. The van der Waals surface area contributed by atoms with Gasteiger partial charge in [0.05, 0.1) is 0 Å². The van der Waals surface area contributed by atoms with Crippen LogP contribution in [-0.4, -0.2) is 12.1 Å². The van der Waals surface area contributed by atoms with Crippen molar-refractivity contribution in [3.63, 3.8) is 0 Å². The van der Waals surface area contributed by atoms with E-state index in [-0.39, 0.29) is 0 Å². The van der Waals surface area contributed by atoms with Crippen molar-refractivity contribution in [2.75, 3.05) is 11.4 Å². The van der Waals surface area contributed by atoms with Crippen molar-refractivity contribution in [3.05, 3.63) is 54.6 Å². The van der Waals surface area contributed by atoms with E-state index in [1.165, 1.54) is 49.0 Å². The molecule has 0 spiro atoms. The molecule has 0 radical (unpaired) electrons. The van der Waals surface area contributed by atoms with Crippen LogP contribution in [0, 0.1) is 5.41 Å². The zero-order valence-electron chi connectivity index (χ0n) is 13.7. The molecule has 0 aromatic heterocycles. The highest BCUT2D eigenvalue weighted by Crippen LogP contribution is 2.51. The number of hydrogen-bond acceptors (Lipinski definition) is 1. The van der Waals surface area contributed by atoms with Crippen LogP contribution in [0.2, 0.25) is 0 Å². The van der Waals surface area contributed by atoms with Gasteiger partial charge in [0.1, 0.15) is 0 Å². The minimum atomic E-state index is 0.354. The number of hydrogen-bond donors (Lipinski definition) is 0. The molecular weight excluding hydrogens is 266 g/mol. The lowest BCUT2D eigenvalue weighted by atomic mass is 9.63. The summed E-state index contributed by atoms with van der Waals surface area (Å²) >= 11 is 0. The molecule has 2 saturated heterocycles. The molecule has 3 aliphatic rings. The van der Waals surface area contributed by atoms with Gasteiger partial charge in [0.15, 0.2) is 0 Å². The lowest BCUT2D eigenvalue weighted by Gasteiger charge is -2.58. The van der Waals surface area contributed by atoms with Crippen LogP contribution in [0.4, 0.5) is 5.69 Å². The van der Waals surface area contributed by atoms with Crippen molar-refractivity contribution in [1.29, 1.82) is 0 Å². The van der Waals surface area contributed by atoms with Gasteiger partial charge in [0.25, 0.3) is 0 Å². The third-order valence-electron chi connectivity index (χ3n) is 5.99. The van der Waals surface area contributed by atoms with E-state index in [2.05, 4.69) is 73.3 Å². The van der Waals surface area contributed by atoms with E-state index in [0.717, 1.165) is 0 Å². The number of anilines is 1. The average molecular weight is 291 g/mol. The molecule has 1 saturated carbocycles. The molecule has 3 fully saturated rings. The monoisotopic (exact) mass is 291 g/mol. The SMILES string of the molecule is CC12CCC(C)(CC1)N(c1cccc(-c3ccccc3)c1)C2. The van der Waals surface area contributed by atoms with Gasteiger partial charge in [-0.1, -0.05) is 49.4 Å². The minimum Gasteiger partial charge on any atom is -0.366 e. The van der Waals surface area contributed by atoms with Gasteiger partial charge in [-0.05, 0) is 61.3 Å². The molecule has 0 unspecified atom stereocenters. The van der Waals surface area contributed by atoms with Gasteiger partial charge in [-0.2, -0.15) is 0 Å². The fraction of sp³-hybridized carbons (Fsp3) is 0.429. The van der Waals surface area contributed by atoms with Crippen molar-refractivity contribution in [2.45, 2.75) is 45.1 Å². The molecule has 2 aliphatic heterocycles. The first kappa shape index (κ1) is 13.9. The van der Waals surface area contributed by atoms with Crippen LogP contribution in [0.1, 0.15) is 39.5 Å². The molecule has 114 valence electrons. The van der Waals surface area contributed by atoms with E-state index in [0.29, 0.717) is 11.0 Å². The molecule has 0 atom stereocenters. The normalized spacial score (nSPS) is 30.5. The molecule has 5 rings (SSSR count). The molecule has 0 amide bonds. The summed E-state index contributed by atoms with van der Waals surface area (Å²) in [6, 6.07) is 19.8. The van der Waals surface area contributed by atoms with E-state index in [1.54, 1.807) is 0 Å². The lowest BCUT2D eigenvalue weighted by molar-refractivity contribution is 0.0929. The first-order chi connectivity index (χ1) is 10.6. The van der Waals surface area contributed by atoms with Gasteiger partial charge in [-0.25, -0.2) is 0 Å². The van der Waals surface area contributed by atoms with Crippen LogP contribution in [0.5, 0.6) is 0 Å². The summed E-state index contributed by atoms with van der Waals surface area (Å²) in [5.74, 6) is 0. The highest BCUT2D eigenvalue weighted by Gasteiger charge is 2.48. The summed E-state index contributed by atoms with van der Waals surface area (Å²) < 4.78 is 0. The molecule has 2 bridgehead atoms. The Labute approximate surface area is 134 Å². The second kappa shape index (κ2) is 4.87. The molecule has 2 heterocycles. The number of benzene rings is 2. The highest BCUT2D eigenvalue weighted by molar-refractivity contribution is 5.69. The smallest absolute Gasteiger partial charge is 0.0377 e. The van der Waals surface area contributed by atoms with E-state index in [9.17, 15) is 0 Å². The Morgan fingerprint density at radius 3 is 2.18 bits per heavy atom. The topological polar surface area (TPSA) is 3.24 Å². The fourth-order valence-corrected chi connectivity index (χ4v) is 4.28. The predicted molar refractivity (Wildman–Crippen MR) is 94.2 cm³/mol. The average Bonchev–Trinajstić information content (AvgIpc) is 2.57. The maximum absolute atomic E-state index is 2.69. The lowest BCUT2D eigenvalue weighted by Crippen LogP contribution is -2.60. The van der Waals surface area contributed by atoms with Crippen molar-refractivity contribution in [1.82, 2.24) is 0 Å². The van der Waals surface area contributed by atoms with Crippen LogP contribution in [0.3, 0.4) is 0 Å². The Bertz CT molecular complexity index is 665. The van der Waals surface area contributed by atoms with Gasteiger partial charge >= 0.3 is 0 Å². The Hall–Kier alpha value is -1.76. The number of fused-ring (bicyclic) bond motifs is 3. The highest BCUT2D eigenvalue weighted by atomic mass is 15.2. The summed E-state index contributed by atoms with van der Waals surface area (Å²) in [5, 5.41) is 0. The van der Waals surface area contributed by atoms with Gasteiger partial charge < -0.3 is 4.90 Å². The largest absolute Gasteiger partial charge is 0.366 e. The number of nitrogens with zero attached hydrogens (tertiary/aromatic N) is 1. The summed E-state index contributed by atoms with van der Waals surface area (Å²) in [5.41, 5.74) is 4.90.